The molecule has 1 aliphatic rings. The van der Waals surface area contributed by atoms with Crippen molar-refractivity contribution < 1.29 is 0 Å². The van der Waals surface area contributed by atoms with Crippen molar-refractivity contribution >= 4 is 11.3 Å². The first-order valence-corrected chi connectivity index (χ1v) is 6.87. The van der Waals surface area contributed by atoms with Gasteiger partial charge in [0, 0.05) is 10.9 Å². The third kappa shape index (κ3) is 2.82. The van der Waals surface area contributed by atoms with Crippen molar-refractivity contribution in [2.24, 2.45) is 11.8 Å². The lowest BCUT2D eigenvalue weighted by Gasteiger charge is -2.22. The third-order valence-electron chi connectivity index (χ3n) is 3.68. The molecule has 15 heavy (non-hydrogen) atoms. The molecule has 0 amide bonds. The molecule has 84 valence electrons. The summed E-state index contributed by atoms with van der Waals surface area (Å²) in [6, 6.07) is 5.10. The molecule has 2 rings (SSSR count). The summed E-state index contributed by atoms with van der Waals surface area (Å²) in [5, 5.41) is 5.69. The molecular weight excluding hydrogens is 202 g/mol. The fraction of sp³-hybridized carbons (Fsp3) is 0.692. The molecular formula is C13H21NS. The average molecular weight is 223 g/mol. The van der Waals surface area contributed by atoms with Crippen LogP contribution >= 0.6 is 11.3 Å². The van der Waals surface area contributed by atoms with Gasteiger partial charge in [0.1, 0.15) is 0 Å². The minimum atomic E-state index is 0.689. The maximum atomic E-state index is 3.51. The van der Waals surface area contributed by atoms with Gasteiger partial charge in [0.05, 0.1) is 0 Å². The Hall–Kier alpha value is -0.340. The molecule has 3 unspecified atom stereocenters. The quantitative estimate of drug-likeness (QED) is 0.825. The fourth-order valence-electron chi connectivity index (χ4n) is 2.77. The summed E-state index contributed by atoms with van der Waals surface area (Å²) in [5.41, 5.74) is 0. The summed E-state index contributed by atoms with van der Waals surface area (Å²) in [6.45, 7) is 2.39. The molecule has 3 atom stereocenters. The molecule has 0 aromatic carbocycles. The van der Waals surface area contributed by atoms with Crippen molar-refractivity contribution in [3.63, 3.8) is 0 Å². The van der Waals surface area contributed by atoms with Crippen LogP contribution in [0.15, 0.2) is 17.5 Å². The van der Waals surface area contributed by atoms with Gasteiger partial charge in [-0.3, -0.25) is 0 Å². The smallest absolute Gasteiger partial charge is 0.0141 e. The maximum Gasteiger partial charge on any atom is 0.0141 e. The van der Waals surface area contributed by atoms with Crippen molar-refractivity contribution in [3.05, 3.63) is 22.4 Å². The van der Waals surface area contributed by atoms with Gasteiger partial charge >= 0.3 is 0 Å². The second-order valence-electron chi connectivity index (χ2n) is 4.86. The molecule has 2 heteroatoms. The van der Waals surface area contributed by atoms with E-state index in [1.54, 1.807) is 0 Å². The minimum Gasteiger partial charge on any atom is -0.316 e. The molecule has 1 fully saturated rings. The topological polar surface area (TPSA) is 12.0 Å². The van der Waals surface area contributed by atoms with Gasteiger partial charge in [-0.1, -0.05) is 19.4 Å². The normalized spacial score (nSPS) is 28.1. The highest BCUT2D eigenvalue weighted by Crippen LogP contribution is 2.33. The first-order valence-electron chi connectivity index (χ1n) is 5.99. The Labute approximate surface area is 96.9 Å². The highest BCUT2D eigenvalue weighted by molar-refractivity contribution is 7.09. The van der Waals surface area contributed by atoms with Gasteiger partial charge in [-0.2, -0.15) is 0 Å². The molecule has 0 spiro atoms. The Bertz CT molecular complexity index is 281. The summed E-state index contributed by atoms with van der Waals surface area (Å²) in [6.07, 6.45) is 5.47. The molecule has 0 radical (unpaired) electrons. The van der Waals surface area contributed by atoms with E-state index in [4.69, 9.17) is 0 Å². The number of nitrogens with one attached hydrogen (secondary N) is 1. The maximum absolute atomic E-state index is 3.51. The standard InChI is InChI=1S/C13H21NS/c1-10-5-6-11(8-10)13(14-2)9-12-4-3-7-15-12/h3-4,7,10-11,13-14H,5-6,8-9H2,1-2H3. The van der Waals surface area contributed by atoms with Gasteiger partial charge in [-0.25, -0.2) is 0 Å². The van der Waals surface area contributed by atoms with E-state index in [1.165, 1.54) is 30.6 Å². The van der Waals surface area contributed by atoms with Gasteiger partial charge in [0.15, 0.2) is 0 Å². The van der Waals surface area contributed by atoms with Crippen LogP contribution in [0, 0.1) is 11.8 Å². The van der Waals surface area contributed by atoms with Gasteiger partial charge in [0.2, 0.25) is 0 Å². The molecule has 1 nitrogen and oxygen atoms in total. The molecule has 0 bridgehead atoms. The largest absolute Gasteiger partial charge is 0.316 e. The first-order chi connectivity index (χ1) is 7.29. The Kier molecular flexibility index (Phi) is 3.81. The summed E-state index contributed by atoms with van der Waals surface area (Å²) in [7, 11) is 2.11. The number of hydrogen-bond donors (Lipinski definition) is 1. The molecule has 0 saturated heterocycles. The molecule has 1 aromatic heterocycles. The summed E-state index contributed by atoms with van der Waals surface area (Å²) in [5.74, 6) is 1.83. The van der Waals surface area contributed by atoms with Crippen molar-refractivity contribution in [2.75, 3.05) is 7.05 Å². The summed E-state index contributed by atoms with van der Waals surface area (Å²) < 4.78 is 0. The van der Waals surface area contributed by atoms with Gasteiger partial charge in [-0.05, 0) is 49.6 Å². The van der Waals surface area contributed by atoms with Crippen LogP contribution in [-0.2, 0) is 6.42 Å². The zero-order valence-electron chi connectivity index (χ0n) is 9.70. The van der Waals surface area contributed by atoms with Crippen LogP contribution in [0.2, 0.25) is 0 Å². The van der Waals surface area contributed by atoms with Gasteiger partial charge in [0.25, 0.3) is 0 Å². The lowest BCUT2D eigenvalue weighted by Crippen LogP contribution is -2.34. The monoisotopic (exact) mass is 223 g/mol. The minimum absolute atomic E-state index is 0.689. The molecule has 1 N–H and O–H groups in total. The summed E-state index contributed by atoms with van der Waals surface area (Å²) in [4.78, 5) is 1.52. The van der Waals surface area contributed by atoms with Crippen molar-refractivity contribution in [3.8, 4) is 0 Å². The highest BCUT2D eigenvalue weighted by Gasteiger charge is 2.27. The van der Waals surface area contributed by atoms with E-state index < -0.39 is 0 Å². The number of thiophene rings is 1. The van der Waals surface area contributed by atoms with E-state index in [0.717, 1.165) is 11.8 Å². The SMILES string of the molecule is CNC(Cc1cccs1)C1CCC(C)C1. The average Bonchev–Trinajstić information content (AvgIpc) is 2.85. The molecule has 0 aliphatic heterocycles. The van der Waals surface area contributed by atoms with Crippen LogP contribution in [0.5, 0.6) is 0 Å². The van der Waals surface area contributed by atoms with Crippen LogP contribution in [-0.4, -0.2) is 13.1 Å². The molecule has 1 saturated carbocycles. The van der Waals surface area contributed by atoms with Crippen molar-refractivity contribution in [1.29, 1.82) is 0 Å². The van der Waals surface area contributed by atoms with Crippen LogP contribution in [0.1, 0.15) is 31.1 Å². The van der Waals surface area contributed by atoms with E-state index in [9.17, 15) is 0 Å². The highest BCUT2D eigenvalue weighted by atomic mass is 32.1. The lowest BCUT2D eigenvalue weighted by molar-refractivity contribution is 0.369. The molecule has 1 heterocycles. The second-order valence-corrected chi connectivity index (χ2v) is 5.89. The number of likely N-dealkylation sites (N-methyl/N-ethyl adjacent to an activating group) is 1. The zero-order valence-corrected chi connectivity index (χ0v) is 10.5. The first kappa shape index (κ1) is 11.2. The Morgan fingerprint density at radius 3 is 2.93 bits per heavy atom. The van der Waals surface area contributed by atoms with E-state index >= 15 is 0 Å². The Morgan fingerprint density at radius 2 is 2.40 bits per heavy atom. The Balaban J connectivity index is 1.92. The summed E-state index contributed by atoms with van der Waals surface area (Å²) >= 11 is 1.89. The van der Waals surface area contributed by atoms with Crippen molar-refractivity contribution in [1.82, 2.24) is 5.32 Å². The lowest BCUT2D eigenvalue weighted by atomic mass is 9.94. The predicted octanol–water partition coefficient (Wildman–Crippen LogP) is 3.31. The van der Waals surface area contributed by atoms with Crippen LogP contribution in [0.4, 0.5) is 0 Å². The predicted molar refractivity (Wildman–Crippen MR) is 67.4 cm³/mol. The van der Waals surface area contributed by atoms with E-state index in [2.05, 4.69) is 36.8 Å². The van der Waals surface area contributed by atoms with Crippen LogP contribution < -0.4 is 5.32 Å². The zero-order chi connectivity index (χ0) is 10.7. The third-order valence-corrected chi connectivity index (χ3v) is 4.58. The van der Waals surface area contributed by atoms with Gasteiger partial charge in [-0.15, -0.1) is 11.3 Å². The number of rotatable bonds is 4. The van der Waals surface area contributed by atoms with E-state index in [0.29, 0.717) is 6.04 Å². The number of hydrogen-bond acceptors (Lipinski definition) is 2. The second kappa shape index (κ2) is 5.13. The van der Waals surface area contributed by atoms with Gasteiger partial charge < -0.3 is 5.32 Å². The fourth-order valence-corrected chi connectivity index (χ4v) is 3.53. The van der Waals surface area contributed by atoms with Crippen LogP contribution in [0.25, 0.3) is 0 Å². The van der Waals surface area contributed by atoms with Crippen LogP contribution in [0.3, 0.4) is 0 Å². The molecule has 1 aliphatic carbocycles. The van der Waals surface area contributed by atoms with Crippen molar-refractivity contribution in [2.45, 2.75) is 38.6 Å². The molecule has 1 aromatic rings. The Morgan fingerprint density at radius 1 is 1.53 bits per heavy atom. The van der Waals surface area contributed by atoms with E-state index in [-0.39, 0.29) is 0 Å². The van der Waals surface area contributed by atoms with E-state index in [1.807, 2.05) is 11.3 Å².